The van der Waals surface area contributed by atoms with Crippen LogP contribution in [0.3, 0.4) is 0 Å². The highest BCUT2D eigenvalue weighted by Gasteiger charge is 2.35. The summed E-state index contributed by atoms with van der Waals surface area (Å²) in [6.45, 7) is 19.6. The Balaban J connectivity index is 2.20. The lowest BCUT2D eigenvalue weighted by molar-refractivity contribution is 0.133. The van der Waals surface area contributed by atoms with Crippen molar-refractivity contribution in [1.82, 2.24) is 0 Å². The van der Waals surface area contributed by atoms with E-state index in [1.807, 2.05) is 0 Å². The van der Waals surface area contributed by atoms with Crippen LogP contribution in [-0.4, -0.2) is 13.2 Å². The van der Waals surface area contributed by atoms with Gasteiger partial charge in [0.25, 0.3) is 0 Å². The Morgan fingerprint density at radius 3 is 2.19 bits per heavy atom. The largest absolute Gasteiger partial charge is 0.431 e. The molecular weight excluding hydrogens is 343 g/mol. The van der Waals surface area contributed by atoms with E-state index < -0.39 is 8.60 Å². The fraction of sp³-hybridized carbons (Fsp3) is 0.818. The highest BCUT2D eigenvalue weighted by atomic mass is 31.2. The summed E-state index contributed by atoms with van der Waals surface area (Å²) in [4.78, 5) is 0. The average molecular weight is 383 g/mol. The van der Waals surface area contributed by atoms with Crippen LogP contribution >= 0.6 is 8.60 Å². The molecule has 26 heavy (non-hydrogen) atoms. The molecule has 0 spiro atoms. The molecule has 1 heterocycles. The summed E-state index contributed by atoms with van der Waals surface area (Å²) in [5.41, 5.74) is 3.29. The summed E-state index contributed by atoms with van der Waals surface area (Å²) in [6, 6.07) is 0. The second kappa shape index (κ2) is 8.33. The van der Waals surface area contributed by atoms with Crippen LogP contribution in [0.25, 0.3) is 0 Å². The van der Waals surface area contributed by atoms with Crippen LogP contribution in [0.1, 0.15) is 87.5 Å². The first-order valence-corrected chi connectivity index (χ1v) is 11.3. The molecule has 0 radical (unpaired) electrons. The maximum absolute atomic E-state index is 6.35. The molecule has 1 unspecified atom stereocenters. The fourth-order valence-corrected chi connectivity index (χ4v) is 4.79. The van der Waals surface area contributed by atoms with E-state index in [0.717, 1.165) is 51.1 Å². The summed E-state index contributed by atoms with van der Waals surface area (Å²) in [5, 5.41) is 0. The molecule has 2 aliphatic rings. The summed E-state index contributed by atoms with van der Waals surface area (Å²) in [5.74, 6) is 1.07. The molecule has 2 rings (SSSR count). The van der Waals surface area contributed by atoms with E-state index >= 15 is 0 Å². The Labute approximate surface area is 162 Å². The number of rotatable bonds is 4. The second-order valence-electron chi connectivity index (χ2n) is 9.89. The second-order valence-corrected chi connectivity index (χ2v) is 11.0. The number of hydrogen-bond donors (Lipinski definition) is 0. The van der Waals surface area contributed by atoms with Crippen LogP contribution in [0, 0.1) is 16.2 Å². The molecule has 0 N–H and O–H groups in total. The molecule has 150 valence electrons. The molecule has 3 nitrogen and oxygen atoms in total. The summed E-state index contributed by atoms with van der Waals surface area (Å²) in [7, 11) is -1.29. The van der Waals surface area contributed by atoms with E-state index in [-0.39, 0.29) is 16.2 Å². The van der Waals surface area contributed by atoms with Crippen LogP contribution in [0.5, 0.6) is 0 Å². The van der Waals surface area contributed by atoms with Gasteiger partial charge in [-0.25, -0.2) is 0 Å². The Morgan fingerprint density at radius 2 is 1.65 bits per heavy atom. The van der Waals surface area contributed by atoms with Crippen molar-refractivity contribution in [3.05, 3.63) is 23.0 Å². The minimum absolute atomic E-state index is 0.0457. The Hall–Kier alpha value is -0.370. The van der Waals surface area contributed by atoms with E-state index in [2.05, 4.69) is 61.5 Å². The number of hydrogen-bond acceptors (Lipinski definition) is 3. The lowest BCUT2D eigenvalue weighted by Crippen LogP contribution is -2.24. The first-order valence-electron chi connectivity index (χ1n) is 10.2. The quantitative estimate of drug-likeness (QED) is 0.470. The van der Waals surface area contributed by atoms with Gasteiger partial charge in [0.2, 0.25) is 0 Å². The molecule has 0 aromatic carbocycles. The van der Waals surface area contributed by atoms with Gasteiger partial charge in [-0.3, -0.25) is 0 Å². The lowest BCUT2D eigenvalue weighted by Gasteiger charge is -2.33. The van der Waals surface area contributed by atoms with Gasteiger partial charge in [0.05, 0.1) is 13.2 Å². The first-order chi connectivity index (χ1) is 12.0. The zero-order chi connectivity index (χ0) is 19.6. The van der Waals surface area contributed by atoms with Gasteiger partial charge in [-0.1, -0.05) is 67.0 Å². The van der Waals surface area contributed by atoms with Gasteiger partial charge in [-0.2, -0.15) is 0 Å². The van der Waals surface area contributed by atoms with Crippen molar-refractivity contribution in [3.63, 3.8) is 0 Å². The topological polar surface area (TPSA) is 27.7 Å². The zero-order valence-corrected chi connectivity index (χ0v) is 19.1. The van der Waals surface area contributed by atoms with Crippen molar-refractivity contribution in [3.8, 4) is 0 Å². The predicted molar refractivity (Wildman–Crippen MR) is 111 cm³/mol. The van der Waals surface area contributed by atoms with Gasteiger partial charge < -0.3 is 13.6 Å². The molecule has 0 amide bonds. The minimum atomic E-state index is -1.29. The van der Waals surface area contributed by atoms with Gasteiger partial charge in [0.1, 0.15) is 5.76 Å². The average Bonchev–Trinajstić information content (AvgIpc) is 2.76. The van der Waals surface area contributed by atoms with Gasteiger partial charge in [0.15, 0.2) is 0 Å². The van der Waals surface area contributed by atoms with Crippen LogP contribution < -0.4 is 0 Å². The zero-order valence-electron chi connectivity index (χ0n) is 18.2. The van der Waals surface area contributed by atoms with E-state index in [0.29, 0.717) is 0 Å². The molecule has 0 aromatic rings. The summed E-state index contributed by atoms with van der Waals surface area (Å²) >= 11 is 0. The third-order valence-electron chi connectivity index (χ3n) is 6.00. The van der Waals surface area contributed by atoms with Crippen molar-refractivity contribution in [2.75, 3.05) is 13.2 Å². The van der Waals surface area contributed by atoms with Crippen molar-refractivity contribution >= 4 is 8.60 Å². The van der Waals surface area contributed by atoms with Gasteiger partial charge in [0, 0.05) is 6.42 Å². The molecule has 0 aromatic heterocycles. The Bertz CT molecular complexity index is 545. The van der Waals surface area contributed by atoms with Crippen LogP contribution in [0.4, 0.5) is 0 Å². The van der Waals surface area contributed by atoms with Crippen molar-refractivity contribution < 1.29 is 13.6 Å². The predicted octanol–water partition coefficient (Wildman–Crippen LogP) is 7.54. The highest BCUT2D eigenvalue weighted by Crippen LogP contribution is 2.52. The molecule has 1 saturated heterocycles. The fourth-order valence-electron chi connectivity index (χ4n) is 3.62. The van der Waals surface area contributed by atoms with Crippen molar-refractivity contribution in [2.45, 2.75) is 87.5 Å². The van der Waals surface area contributed by atoms with Gasteiger partial charge >= 0.3 is 8.60 Å². The lowest BCUT2D eigenvalue weighted by atomic mass is 9.75. The summed E-state index contributed by atoms with van der Waals surface area (Å²) < 4.78 is 18.5. The maximum atomic E-state index is 6.35. The van der Waals surface area contributed by atoms with Gasteiger partial charge in [-0.15, -0.1) is 0 Å². The highest BCUT2D eigenvalue weighted by molar-refractivity contribution is 7.41. The molecule has 1 fully saturated rings. The monoisotopic (exact) mass is 382 g/mol. The maximum Gasteiger partial charge on any atom is 0.396 e. The van der Waals surface area contributed by atoms with Crippen molar-refractivity contribution in [2.24, 2.45) is 16.2 Å². The van der Waals surface area contributed by atoms with Crippen LogP contribution in [0.15, 0.2) is 23.0 Å². The standard InChI is InChI=1S/C22H39O3P/c1-9-22(10-2)13-14-23-26(24-16-22)25-19-12-11-17(20(3,4)5)15-18(19)21(6,7)8/h15H,9-14,16H2,1-8H3. The molecule has 0 saturated carbocycles. The molecule has 1 atom stereocenters. The third-order valence-corrected chi connectivity index (χ3v) is 7.10. The van der Waals surface area contributed by atoms with E-state index in [1.54, 1.807) is 0 Å². The number of allylic oxidation sites excluding steroid dienone is 4. The van der Waals surface area contributed by atoms with Gasteiger partial charge in [-0.05, 0) is 47.5 Å². The molecule has 0 bridgehead atoms. The normalized spacial score (nSPS) is 24.9. The smallest absolute Gasteiger partial charge is 0.396 e. The van der Waals surface area contributed by atoms with E-state index in [4.69, 9.17) is 13.6 Å². The van der Waals surface area contributed by atoms with E-state index in [1.165, 1.54) is 11.1 Å². The Kier molecular flexibility index (Phi) is 7.03. The summed E-state index contributed by atoms with van der Waals surface area (Å²) in [6.07, 6.45) is 7.67. The SMILES string of the molecule is CCC1(CC)CCOP(OC2=C(C(C)(C)C)C=C(C(C)(C)C)CC2)OC1. The van der Waals surface area contributed by atoms with Crippen LogP contribution in [-0.2, 0) is 13.6 Å². The molecule has 1 aliphatic carbocycles. The van der Waals surface area contributed by atoms with Crippen LogP contribution in [0.2, 0.25) is 0 Å². The first kappa shape index (κ1) is 21.9. The third kappa shape index (κ3) is 5.33. The minimum Gasteiger partial charge on any atom is -0.431 e. The van der Waals surface area contributed by atoms with Crippen molar-refractivity contribution in [1.29, 1.82) is 0 Å². The molecular formula is C22H39O3P. The molecule has 4 heteroatoms. The Morgan fingerprint density at radius 1 is 1.00 bits per heavy atom. The van der Waals surface area contributed by atoms with E-state index in [9.17, 15) is 0 Å². The molecule has 1 aliphatic heterocycles.